The van der Waals surface area contributed by atoms with Crippen LogP contribution in [0, 0.1) is 12.7 Å². The third kappa shape index (κ3) is 2.34. The largest absolute Gasteiger partial charge is 0.360 e. The highest BCUT2D eigenvalue weighted by atomic mass is 127. The van der Waals surface area contributed by atoms with Gasteiger partial charge in [-0.1, -0.05) is 0 Å². The molecule has 1 N–H and O–H groups in total. The molecule has 132 valence electrons. The Morgan fingerprint density at radius 1 is 1.28 bits per heavy atom. The fraction of sp³-hybridized carbons (Fsp3) is 0.467. The van der Waals surface area contributed by atoms with Crippen molar-refractivity contribution in [2.45, 2.75) is 25.9 Å². The Bertz CT molecular complexity index is 977. The molecule has 0 radical (unpaired) electrons. The predicted octanol–water partition coefficient (Wildman–Crippen LogP) is 0.898. The second kappa shape index (κ2) is 5.59. The molecule has 0 bridgehead atoms. The summed E-state index contributed by atoms with van der Waals surface area (Å²) in [7, 11) is 1.93. The van der Waals surface area contributed by atoms with Crippen LogP contribution in [0.5, 0.6) is 0 Å². The van der Waals surface area contributed by atoms with Crippen molar-refractivity contribution in [1.82, 2.24) is 17.6 Å². The average molecular weight is 458 g/mol. The predicted molar refractivity (Wildman–Crippen MR) is 99.8 cm³/mol. The molecule has 2 aliphatic rings. The zero-order valence-corrected chi connectivity index (χ0v) is 16.0. The number of anilines is 2. The van der Waals surface area contributed by atoms with E-state index >= 15 is 0 Å². The number of fused-ring (bicyclic) bond motifs is 2. The summed E-state index contributed by atoms with van der Waals surface area (Å²) in [5, 5.41) is 3.07. The SMILES string of the molecule is Cc1nc2c3c(nc(=O)n2I)N2C(C)CN(C)CC2C(=O)Nc3c1F. The maximum atomic E-state index is 14.8. The van der Waals surface area contributed by atoms with Gasteiger partial charge in [0, 0.05) is 19.1 Å². The van der Waals surface area contributed by atoms with E-state index in [1.807, 2.05) is 23.8 Å². The number of aryl methyl sites for hydroxylation is 1. The number of piperazine rings is 1. The van der Waals surface area contributed by atoms with E-state index in [9.17, 15) is 14.0 Å². The highest BCUT2D eigenvalue weighted by Crippen LogP contribution is 2.38. The maximum absolute atomic E-state index is 14.8. The maximum Gasteiger partial charge on any atom is 0.360 e. The van der Waals surface area contributed by atoms with E-state index in [1.54, 1.807) is 22.9 Å². The standard InChI is InChI=1S/C15H16FIN6O2/c1-6-4-21(3)5-8-14(24)19-11-9-12(22(6)8)20-15(25)23(17)13(9)18-7(2)10(11)16/h6,8H,4-5H2,1-3H3,(H,19,24). The number of carbonyl (C=O) groups excluding carboxylic acids is 1. The zero-order valence-electron chi connectivity index (χ0n) is 13.9. The van der Waals surface area contributed by atoms with Crippen LogP contribution in [0.4, 0.5) is 15.9 Å². The van der Waals surface area contributed by atoms with Gasteiger partial charge in [-0.2, -0.15) is 4.98 Å². The lowest BCUT2D eigenvalue weighted by molar-refractivity contribution is -0.118. The summed E-state index contributed by atoms with van der Waals surface area (Å²) < 4.78 is 16.0. The van der Waals surface area contributed by atoms with E-state index in [1.165, 1.54) is 9.70 Å². The number of hydrogen-bond donors (Lipinski definition) is 1. The molecular weight excluding hydrogens is 442 g/mol. The van der Waals surface area contributed by atoms with Crippen LogP contribution in [-0.2, 0) is 4.79 Å². The number of hydrogen-bond acceptors (Lipinski definition) is 6. The molecule has 4 heterocycles. The van der Waals surface area contributed by atoms with E-state index in [2.05, 4.69) is 15.3 Å². The van der Waals surface area contributed by atoms with Crippen molar-refractivity contribution < 1.29 is 9.18 Å². The normalized spacial score (nSPS) is 23.4. The van der Waals surface area contributed by atoms with Gasteiger partial charge < -0.3 is 15.1 Å². The number of rotatable bonds is 0. The molecule has 2 aliphatic heterocycles. The third-order valence-corrected chi connectivity index (χ3v) is 5.60. The van der Waals surface area contributed by atoms with Crippen LogP contribution in [0.1, 0.15) is 12.6 Å². The Kier molecular flexibility index (Phi) is 3.72. The molecule has 0 aliphatic carbocycles. The summed E-state index contributed by atoms with van der Waals surface area (Å²) >= 11 is 1.80. The number of amides is 1. The summed E-state index contributed by atoms with van der Waals surface area (Å²) in [6.07, 6.45) is 0. The summed E-state index contributed by atoms with van der Waals surface area (Å²) in [5.41, 5.74) is -0.0252. The minimum atomic E-state index is -0.597. The van der Waals surface area contributed by atoms with Gasteiger partial charge in [0.25, 0.3) is 0 Å². The first kappa shape index (κ1) is 16.6. The van der Waals surface area contributed by atoms with Crippen LogP contribution < -0.4 is 15.9 Å². The molecule has 8 nitrogen and oxygen atoms in total. The zero-order chi connectivity index (χ0) is 18.0. The van der Waals surface area contributed by atoms with Crippen LogP contribution in [0.2, 0.25) is 0 Å². The lowest BCUT2D eigenvalue weighted by Gasteiger charge is -2.43. The first-order chi connectivity index (χ1) is 11.8. The molecule has 2 unspecified atom stereocenters. The van der Waals surface area contributed by atoms with E-state index in [0.29, 0.717) is 29.9 Å². The van der Waals surface area contributed by atoms with Crippen molar-refractivity contribution >= 4 is 51.3 Å². The fourth-order valence-electron chi connectivity index (χ4n) is 3.68. The lowest BCUT2D eigenvalue weighted by atomic mass is 10.1. The van der Waals surface area contributed by atoms with E-state index < -0.39 is 17.5 Å². The van der Waals surface area contributed by atoms with E-state index in [4.69, 9.17) is 0 Å². The number of nitrogens with one attached hydrogen (secondary N) is 1. The number of nitrogens with zero attached hydrogens (tertiary/aromatic N) is 5. The van der Waals surface area contributed by atoms with Gasteiger partial charge in [0.1, 0.15) is 11.9 Å². The van der Waals surface area contributed by atoms with Crippen molar-refractivity contribution in [1.29, 1.82) is 0 Å². The Morgan fingerprint density at radius 3 is 2.72 bits per heavy atom. The Morgan fingerprint density at radius 2 is 2.00 bits per heavy atom. The second-order valence-electron chi connectivity index (χ2n) is 6.57. The quantitative estimate of drug-likeness (QED) is 0.591. The van der Waals surface area contributed by atoms with Gasteiger partial charge in [0.15, 0.2) is 11.5 Å². The van der Waals surface area contributed by atoms with Gasteiger partial charge in [-0.3, -0.25) is 4.79 Å². The van der Waals surface area contributed by atoms with Gasteiger partial charge in [0.2, 0.25) is 5.91 Å². The fourth-order valence-corrected chi connectivity index (χ4v) is 4.14. The number of aromatic nitrogens is 3. The monoisotopic (exact) mass is 458 g/mol. The Hall–Kier alpha value is -1.82. The van der Waals surface area contributed by atoms with Crippen LogP contribution in [-0.4, -0.2) is 55.8 Å². The molecule has 2 aromatic heterocycles. The highest BCUT2D eigenvalue weighted by Gasteiger charge is 2.41. The summed E-state index contributed by atoms with van der Waals surface area (Å²) in [6.45, 7) is 4.64. The van der Waals surface area contributed by atoms with Gasteiger partial charge in [-0.05, 0) is 20.9 Å². The summed E-state index contributed by atoms with van der Waals surface area (Å²) in [4.78, 5) is 37.4. The molecule has 25 heavy (non-hydrogen) atoms. The molecule has 1 amide bonds. The molecule has 0 aromatic carbocycles. The first-order valence-corrected chi connectivity index (χ1v) is 8.82. The van der Waals surface area contributed by atoms with Crippen LogP contribution in [0.15, 0.2) is 4.79 Å². The number of carbonyl (C=O) groups is 1. The van der Waals surface area contributed by atoms with Crippen molar-refractivity contribution in [2.75, 3.05) is 30.4 Å². The molecule has 2 atom stereocenters. The second-order valence-corrected chi connectivity index (χ2v) is 7.53. The first-order valence-electron chi connectivity index (χ1n) is 7.86. The molecule has 1 saturated heterocycles. The molecule has 0 spiro atoms. The van der Waals surface area contributed by atoms with E-state index in [0.717, 1.165) is 0 Å². The average Bonchev–Trinajstić information content (AvgIpc) is 2.66. The lowest BCUT2D eigenvalue weighted by Crippen LogP contribution is -2.60. The molecule has 10 heteroatoms. The van der Waals surface area contributed by atoms with Crippen LogP contribution in [0.3, 0.4) is 0 Å². The molecule has 0 saturated carbocycles. The number of likely N-dealkylation sites (N-methyl/N-ethyl adjacent to an activating group) is 1. The van der Waals surface area contributed by atoms with Crippen molar-refractivity contribution in [3.05, 3.63) is 22.0 Å². The minimum Gasteiger partial charge on any atom is -0.338 e. The third-order valence-electron chi connectivity index (χ3n) is 4.73. The Balaban J connectivity index is 2.13. The minimum absolute atomic E-state index is 0.0460. The summed E-state index contributed by atoms with van der Waals surface area (Å²) in [5.74, 6) is -0.590. The highest BCUT2D eigenvalue weighted by molar-refractivity contribution is 14.1. The Labute approximate surface area is 156 Å². The van der Waals surface area contributed by atoms with Crippen LogP contribution >= 0.6 is 22.9 Å². The van der Waals surface area contributed by atoms with Crippen LogP contribution in [0.25, 0.3) is 11.0 Å². The van der Waals surface area contributed by atoms with Crippen molar-refractivity contribution in [3.8, 4) is 0 Å². The van der Waals surface area contributed by atoms with E-state index in [-0.39, 0.29) is 23.3 Å². The van der Waals surface area contributed by atoms with Gasteiger partial charge in [0.05, 0.1) is 39.6 Å². The number of halogens is 2. The topological polar surface area (TPSA) is 83.4 Å². The van der Waals surface area contributed by atoms with Gasteiger partial charge in [-0.15, -0.1) is 0 Å². The van der Waals surface area contributed by atoms with Crippen molar-refractivity contribution in [3.63, 3.8) is 0 Å². The molecule has 4 rings (SSSR count). The summed E-state index contributed by atoms with van der Waals surface area (Å²) in [6, 6.07) is -0.619. The van der Waals surface area contributed by atoms with Gasteiger partial charge in [-0.25, -0.2) is 16.9 Å². The molecule has 1 fully saturated rings. The van der Waals surface area contributed by atoms with Gasteiger partial charge >= 0.3 is 5.69 Å². The molecular formula is C15H16FIN6O2. The van der Waals surface area contributed by atoms with Crippen molar-refractivity contribution in [2.24, 2.45) is 0 Å². The molecule has 2 aromatic rings. The number of pyridine rings is 1. The smallest absolute Gasteiger partial charge is 0.338 e.